The molecule has 4 aromatic rings. The van der Waals surface area contributed by atoms with Crippen LogP contribution in [0.3, 0.4) is 0 Å². The van der Waals surface area contributed by atoms with Crippen LogP contribution in [0.25, 0.3) is 22.3 Å². The van der Waals surface area contributed by atoms with E-state index in [1.807, 2.05) is 49.4 Å². The van der Waals surface area contributed by atoms with E-state index in [1.54, 1.807) is 12.1 Å². The number of fused-ring (bicyclic) bond motifs is 1. The molecule has 0 radical (unpaired) electrons. The first kappa shape index (κ1) is 18.7. The normalized spacial score (nSPS) is 11.1. The number of carboxylic acid groups (broad SMARTS) is 1. The molecule has 0 aliphatic heterocycles. The zero-order valence-electron chi connectivity index (χ0n) is 16.4. The molecule has 146 valence electrons. The summed E-state index contributed by atoms with van der Waals surface area (Å²) >= 11 is 0. The van der Waals surface area contributed by atoms with Gasteiger partial charge in [-0.1, -0.05) is 49.4 Å². The molecule has 2 aromatic heterocycles. The maximum Gasteiger partial charge on any atom is 0.336 e. The number of imidazole rings is 1. The Labute approximate surface area is 168 Å². The molecule has 0 saturated heterocycles. The van der Waals surface area contributed by atoms with E-state index in [1.165, 1.54) is 0 Å². The van der Waals surface area contributed by atoms with E-state index in [2.05, 4.69) is 16.5 Å². The van der Waals surface area contributed by atoms with Gasteiger partial charge in [0.1, 0.15) is 17.2 Å². The Morgan fingerprint density at radius 1 is 1.10 bits per heavy atom. The van der Waals surface area contributed by atoms with Crippen molar-refractivity contribution in [1.82, 2.24) is 14.5 Å². The zero-order valence-corrected chi connectivity index (χ0v) is 16.4. The van der Waals surface area contributed by atoms with Gasteiger partial charge in [0.15, 0.2) is 5.65 Å². The van der Waals surface area contributed by atoms with E-state index >= 15 is 0 Å². The van der Waals surface area contributed by atoms with Crippen molar-refractivity contribution in [2.75, 3.05) is 5.73 Å². The molecule has 0 unspecified atom stereocenters. The van der Waals surface area contributed by atoms with Gasteiger partial charge in [-0.25, -0.2) is 14.8 Å². The quantitative estimate of drug-likeness (QED) is 0.533. The van der Waals surface area contributed by atoms with Gasteiger partial charge in [-0.15, -0.1) is 0 Å². The predicted molar refractivity (Wildman–Crippen MR) is 114 cm³/mol. The highest BCUT2D eigenvalue weighted by molar-refractivity contribution is 5.96. The van der Waals surface area contributed by atoms with E-state index in [9.17, 15) is 9.90 Å². The van der Waals surface area contributed by atoms with Crippen molar-refractivity contribution >= 4 is 23.0 Å². The highest BCUT2D eigenvalue weighted by Gasteiger charge is 2.15. The van der Waals surface area contributed by atoms with Crippen LogP contribution in [0.15, 0.2) is 54.6 Å². The lowest BCUT2D eigenvalue weighted by molar-refractivity contribution is 0.0697. The smallest absolute Gasteiger partial charge is 0.336 e. The third-order valence-electron chi connectivity index (χ3n) is 5.07. The van der Waals surface area contributed by atoms with Gasteiger partial charge in [0.25, 0.3) is 0 Å². The lowest BCUT2D eigenvalue weighted by atomic mass is 9.99. The maximum absolute atomic E-state index is 11.5. The number of hydrogen-bond acceptors (Lipinski definition) is 4. The van der Waals surface area contributed by atoms with Crippen LogP contribution >= 0.6 is 0 Å². The summed E-state index contributed by atoms with van der Waals surface area (Å²) in [7, 11) is 0. The number of hydrogen-bond donors (Lipinski definition) is 2. The summed E-state index contributed by atoms with van der Waals surface area (Å²) in [6, 6.07) is 16.8. The molecule has 6 heteroatoms. The van der Waals surface area contributed by atoms with Crippen LogP contribution in [0, 0.1) is 6.92 Å². The molecule has 6 nitrogen and oxygen atoms in total. The third kappa shape index (κ3) is 3.45. The summed E-state index contributed by atoms with van der Waals surface area (Å²) in [5.41, 5.74) is 11.6. The number of nitrogens with two attached hydrogens (primary N) is 1. The third-order valence-corrected chi connectivity index (χ3v) is 5.07. The zero-order chi connectivity index (χ0) is 20.5. The van der Waals surface area contributed by atoms with Gasteiger partial charge in [-0.3, -0.25) is 0 Å². The van der Waals surface area contributed by atoms with Crippen molar-refractivity contribution in [2.45, 2.75) is 26.8 Å². The van der Waals surface area contributed by atoms with Crippen molar-refractivity contribution in [3.8, 4) is 11.1 Å². The van der Waals surface area contributed by atoms with E-state index in [0.29, 0.717) is 23.5 Å². The number of nitrogens with zero attached hydrogens (tertiary/aromatic N) is 3. The van der Waals surface area contributed by atoms with Gasteiger partial charge in [0, 0.05) is 6.42 Å². The molecule has 0 spiro atoms. The highest BCUT2D eigenvalue weighted by Crippen LogP contribution is 2.26. The second-order valence-electron chi connectivity index (χ2n) is 7.05. The minimum atomic E-state index is -0.929. The lowest BCUT2D eigenvalue weighted by Crippen LogP contribution is -2.06. The fourth-order valence-corrected chi connectivity index (χ4v) is 3.64. The molecule has 4 rings (SSSR count). The minimum Gasteiger partial charge on any atom is -0.478 e. The Morgan fingerprint density at radius 2 is 1.83 bits per heavy atom. The number of aromatic carboxylic acids is 1. The molecule has 0 aliphatic rings. The van der Waals surface area contributed by atoms with Crippen molar-refractivity contribution in [1.29, 1.82) is 0 Å². The first-order chi connectivity index (χ1) is 14.0. The minimum absolute atomic E-state index is 0.296. The Bertz CT molecular complexity index is 1210. The number of benzene rings is 2. The summed E-state index contributed by atoms with van der Waals surface area (Å²) in [5, 5.41) is 9.43. The summed E-state index contributed by atoms with van der Waals surface area (Å²) in [6.45, 7) is 4.69. The molecule has 0 atom stereocenters. The first-order valence-electron chi connectivity index (χ1n) is 9.51. The van der Waals surface area contributed by atoms with Crippen LogP contribution in [0.5, 0.6) is 0 Å². The molecule has 2 aromatic carbocycles. The molecule has 3 N–H and O–H groups in total. The number of rotatable bonds is 5. The topological polar surface area (TPSA) is 94.0 Å². The van der Waals surface area contributed by atoms with Gasteiger partial charge >= 0.3 is 5.97 Å². The lowest BCUT2D eigenvalue weighted by Gasteiger charge is -2.10. The van der Waals surface area contributed by atoms with Gasteiger partial charge in [0.05, 0.1) is 12.1 Å². The molecular weight excluding hydrogens is 364 g/mol. The summed E-state index contributed by atoms with van der Waals surface area (Å²) in [5.74, 6) is 0.516. The second-order valence-corrected chi connectivity index (χ2v) is 7.05. The van der Waals surface area contributed by atoms with Crippen molar-refractivity contribution in [2.24, 2.45) is 0 Å². The molecule has 0 fully saturated rings. The summed E-state index contributed by atoms with van der Waals surface area (Å²) in [4.78, 5) is 20.8. The van der Waals surface area contributed by atoms with Gasteiger partial charge < -0.3 is 15.4 Å². The van der Waals surface area contributed by atoms with Crippen molar-refractivity contribution < 1.29 is 9.90 Å². The van der Waals surface area contributed by atoms with Crippen LogP contribution in [0.4, 0.5) is 5.82 Å². The SMILES string of the molecule is CCc1nc2c(C)cc(N)nc2n1Cc1ccc(-c2ccccc2C(=O)O)cc1. The Hall–Kier alpha value is -3.67. The number of nitrogen functional groups attached to an aromatic ring is 1. The number of anilines is 1. The largest absolute Gasteiger partial charge is 0.478 e. The van der Waals surface area contributed by atoms with Gasteiger partial charge in [-0.05, 0) is 41.3 Å². The van der Waals surface area contributed by atoms with E-state index in [0.717, 1.165) is 40.1 Å². The number of pyridine rings is 1. The fourth-order valence-electron chi connectivity index (χ4n) is 3.64. The van der Waals surface area contributed by atoms with Crippen molar-refractivity contribution in [3.05, 3.63) is 77.1 Å². The molecular formula is C23H22N4O2. The van der Waals surface area contributed by atoms with Crippen LogP contribution < -0.4 is 5.73 Å². The second kappa shape index (κ2) is 7.39. The number of carbonyl (C=O) groups is 1. The first-order valence-corrected chi connectivity index (χ1v) is 9.51. The molecule has 0 amide bonds. The van der Waals surface area contributed by atoms with E-state index in [4.69, 9.17) is 10.7 Å². The fraction of sp³-hybridized carbons (Fsp3) is 0.174. The average Bonchev–Trinajstić information content (AvgIpc) is 3.06. The van der Waals surface area contributed by atoms with Crippen LogP contribution in [-0.2, 0) is 13.0 Å². The highest BCUT2D eigenvalue weighted by atomic mass is 16.4. The Morgan fingerprint density at radius 3 is 2.52 bits per heavy atom. The summed E-state index contributed by atoms with van der Waals surface area (Å²) in [6.07, 6.45) is 0.791. The monoisotopic (exact) mass is 386 g/mol. The summed E-state index contributed by atoms with van der Waals surface area (Å²) < 4.78 is 2.10. The number of aryl methyl sites for hydroxylation is 2. The maximum atomic E-state index is 11.5. The Balaban J connectivity index is 1.71. The van der Waals surface area contributed by atoms with Gasteiger partial charge in [0.2, 0.25) is 0 Å². The Kier molecular flexibility index (Phi) is 4.76. The van der Waals surface area contributed by atoms with Crippen LogP contribution in [0.1, 0.15) is 34.2 Å². The molecule has 2 heterocycles. The van der Waals surface area contributed by atoms with E-state index in [-0.39, 0.29) is 0 Å². The van der Waals surface area contributed by atoms with E-state index < -0.39 is 5.97 Å². The standard InChI is InChI=1S/C23H22N4O2/c1-3-20-26-21-14(2)12-19(24)25-22(21)27(20)13-15-8-10-16(11-9-15)17-6-4-5-7-18(17)23(28)29/h4-12H,3,13H2,1-2H3,(H2,24,25)(H,28,29). The average molecular weight is 386 g/mol. The molecule has 0 aliphatic carbocycles. The predicted octanol–water partition coefficient (Wildman–Crippen LogP) is 4.30. The van der Waals surface area contributed by atoms with Crippen molar-refractivity contribution in [3.63, 3.8) is 0 Å². The molecule has 0 saturated carbocycles. The van der Waals surface area contributed by atoms with Crippen LogP contribution in [-0.4, -0.2) is 25.6 Å². The molecule has 0 bridgehead atoms. The molecule has 29 heavy (non-hydrogen) atoms. The number of aromatic nitrogens is 3. The van der Waals surface area contributed by atoms with Crippen LogP contribution in [0.2, 0.25) is 0 Å². The van der Waals surface area contributed by atoms with Gasteiger partial charge in [-0.2, -0.15) is 0 Å². The number of carboxylic acids is 1.